The highest BCUT2D eigenvalue weighted by Crippen LogP contribution is 2.49. The summed E-state index contributed by atoms with van der Waals surface area (Å²) in [4.78, 5) is 42.3. The van der Waals surface area contributed by atoms with Crippen molar-refractivity contribution in [2.45, 2.75) is 0 Å². The van der Waals surface area contributed by atoms with E-state index in [2.05, 4.69) is 300 Å². The van der Waals surface area contributed by atoms with E-state index in [0.717, 1.165) is 123 Å². The van der Waals surface area contributed by atoms with Gasteiger partial charge in [0.05, 0.1) is 33.2 Å². The molecule has 0 aliphatic heterocycles. The van der Waals surface area contributed by atoms with E-state index in [1.165, 1.54) is 73.2 Å². The van der Waals surface area contributed by atoms with Gasteiger partial charge in [-0.25, -0.2) is 39.9 Å². The lowest BCUT2D eigenvalue weighted by molar-refractivity contribution is 1.04. The SMILES string of the molecule is c1ccc(-c2nc(-c3ccccc3)nc(-c3cc(-c4ccc(-c5ccccc5)c(-c5ccccc5)c4)cnc3-n3c4ccccc4c4c5sc6ccccc6c5ccc43)n2)cc1.c1ccc(-c2nc(-c3ccccc3)nc(-c3cc(-c4ccc(-c5ccccc5)c(-c5ccccc5)c4)cnc3-n3c4ccccc4c4ccc5sc6ccccc6c5c43)n2)cc1. The molecule has 0 N–H and O–H groups in total. The van der Waals surface area contributed by atoms with Crippen LogP contribution in [0.2, 0.25) is 0 Å². The third-order valence-corrected chi connectivity index (χ3v) is 25.8. The number of rotatable bonds is 14. The Morgan fingerprint density at radius 1 is 0.185 bits per heavy atom. The fourth-order valence-electron chi connectivity index (χ4n) is 17.6. The minimum absolute atomic E-state index is 0.541. The molecule has 0 amide bonds. The normalized spacial score (nSPS) is 11.5. The molecule has 0 aliphatic carbocycles. The first-order valence-electron chi connectivity index (χ1n) is 41.4. The highest BCUT2D eigenvalue weighted by Gasteiger charge is 2.28. The standard InChI is InChI=1S/2C56H35N5S/c1-5-17-36(18-6-1)42-30-29-40(33-46(42)37-19-7-2-8-20-37)41-34-47(55-59-53(38-21-9-3-10-22-38)58-54(60-55)39-23-11-4-12-24-39)56(57-35-41)61-48-27-15-13-26-45(48)51-49(61)32-31-44-43-25-14-16-28-50(43)62-52(44)51;1-5-17-36(18-6-1)42-30-29-40(33-46(42)37-19-7-2-8-20-37)41-34-47(55-59-53(38-21-9-3-10-22-38)58-54(60-55)39-23-11-4-12-24-39)56(57-35-41)61-48-27-15-13-25-43(48)44-31-32-50-51(52(44)61)45-26-14-16-28-49(45)62-50/h2*1-35H. The topological polar surface area (TPSA) is 113 Å². The molecule has 12 heteroatoms. The third-order valence-electron chi connectivity index (χ3n) is 23.4. The van der Waals surface area contributed by atoms with Crippen LogP contribution in [0, 0.1) is 0 Å². The summed E-state index contributed by atoms with van der Waals surface area (Å²) in [5, 5.41) is 9.69. The van der Waals surface area contributed by atoms with Crippen LogP contribution in [0.4, 0.5) is 0 Å². The number of benzene rings is 16. The van der Waals surface area contributed by atoms with Gasteiger partial charge in [-0.05, 0) is 116 Å². The molecule has 16 aromatic carbocycles. The summed E-state index contributed by atoms with van der Waals surface area (Å²) in [5.41, 5.74) is 22.8. The maximum atomic E-state index is 5.50. The Kier molecular flexibility index (Phi) is 18.4. The molecule has 8 heterocycles. The lowest BCUT2D eigenvalue weighted by Crippen LogP contribution is -2.06. The summed E-state index contributed by atoms with van der Waals surface area (Å²) in [7, 11) is 0. The van der Waals surface area contributed by atoms with Crippen molar-refractivity contribution in [3.05, 3.63) is 425 Å². The number of hydrogen-bond acceptors (Lipinski definition) is 10. The summed E-state index contributed by atoms with van der Waals surface area (Å²) < 4.78 is 9.66. The number of fused-ring (bicyclic) bond motifs is 14. The van der Waals surface area contributed by atoms with Crippen molar-refractivity contribution in [1.29, 1.82) is 0 Å². The van der Waals surface area contributed by atoms with E-state index >= 15 is 0 Å². The Morgan fingerprint density at radius 3 is 0.992 bits per heavy atom. The second-order valence-corrected chi connectivity index (χ2v) is 33.0. The van der Waals surface area contributed by atoms with E-state index in [1.807, 2.05) is 156 Å². The molecule has 0 unspecified atom stereocenters. The lowest BCUT2D eigenvalue weighted by atomic mass is 9.91. The van der Waals surface area contributed by atoms with Crippen molar-refractivity contribution >= 4 is 107 Å². The molecule has 0 aliphatic rings. The fraction of sp³-hybridized carbons (Fsp3) is 0. The van der Waals surface area contributed by atoms with Gasteiger partial charge in [-0.15, -0.1) is 22.7 Å². The van der Waals surface area contributed by atoms with Gasteiger partial charge in [0.15, 0.2) is 34.9 Å². The molecule has 24 aromatic rings. The van der Waals surface area contributed by atoms with Crippen molar-refractivity contribution in [2.24, 2.45) is 0 Å². The number of pyridine rings is 2. The Bertz CT molecular complexity index is 8090. The van der Waals surface area contributed by atoms with Crippen molar-refractivity contribution in [3.8, 4) is 147 Å². The zero-order valence-electron chi connectivity index (χ0n) is 66.7. The molecular formula is C112H70N10S2. The van der Waals surface area contributed by atoms with Crippen LogP contribution in [0.3, 0.4) is 0 Å². The van der Waals surface area contributed by atoms with Gasteiger partial charge in [-0.1, -0.05) is 352 Å². The lowest BCUT2D eigenvalue weighted by Gasteiger charge is -2.17. The largest absolute Gasteiger partial charge is 0.293 e. The minimum Gasteiger partial charge on any atom is -0.293 e. The van der Waals surface area contributed by atoms with E-state index in [9.17, 15) is 0 Å². The van der Waals surface area contributed by atoms with Crippen LogP contribution >= 0.6 is 22.7 Å². The van der Waals surface area contributed by atoms with Crippen LogP contribution in [0.25, 0.3) is 231 Å². The summed E-state index contributed by atoms with van der Waals surface area (Å²) in [6.07, 6.45) is 4.01. The molecule has 0 atom stereocenters. The molecule has 124 heavy (non-hydrogen) atoms. The van der Waals surface area contributed by atoms with Gasteiger partial charge >= 0.3 is 0 Å². The minimum atomic E-state index is 0.541. The average molecular weight is 1620 g/mol. The first kappa shape index (κ1) is 73.1. The van der Waals surface area contributed by atoms with Gasteiger partial charge in [-0.2, -0.15) is 0 Å². The van der Waals surface area contributed by atoms with E-state index < -0.39 is 0 Å². The summed E-state index contributed by atoms with van der Waals surface area (Å²) in [6, 6.07) is 145. The van der Waals surface area contributed by atoms with Crippen molar-refractivity contribution in [2.75, 3.05) is 0 Å². The van der Waals surface area contributed by atoms with Gasteiger partial charge < -0.3 is 0 Å². The summed E-state index contributed by atoms with van der Waals surface area (Å²) >= 11 is 3.67. The quantitative estimate of drug-likeness (QED) is 0.106. The Morgan fingerprint density at radius 2 is 0.532 bits per heavy atom. The average Bonchev–Trinajstić information content (AvgIpc) is 1.56. The Hall–Kier alpha value is -16.1. The van der Waals surface area contributed by atoms with E-state index in [-0.39, 0.29) is 0 Å². The Balaban J connectivity index is 0.000000143. The maximum Gasteiger partial charge on any atom is 0.167 e. The van der Waals surface area contributed by atoms with E-state index in [1.54, 1.807) is 0 Å². The monoisotopic (exact) mass is 1620 g/mol. The van der Waals surface area contributed by atoms with Crippen LogP contribution in [-0.2, 0) is 0 Å². The summed E-state index contributed by atoms with van der Waals surface area (Å²) in [6.45, 7) is 0. The third kappa shape index (κ3) is 13.1. The molecule has 0 bridgehead atoms. The maximum absolute atomic E-state index is 5.50. The van der Waals surface area contributed by atoms with Crippen LogP contribution in [0.5, 0.6) is 0 Å². The first-order chi connectivity index (χ1) is 61.5. The van der Waals surface area contributed by atoms with E-state index in [4.69, 9.17) is 39.9 Å². The highest BCUT2D eigenvalue weighted by molar-refractivity contribution is 7.27. The molecule has 24 rings (SSSR count). The first-order valence-corrected chi connectivity index (χ1v) is 43.1. The molecular weight excluding hydrogens is 1550 g/mol. The zero-order valence-corrected chi connectivity index (χ0v) is 68.3. The van der Waals surface area contributed by atoms with Gasteiger partial charge in [0.2, 0.25) is 0 Å². The molecule has 8 aromatic heterocycles. The van der Waals surface area contributed by atoms with Crippen molar-refractivity contribution < 1.29 is 0 Å². The second kappa shape index (κ2) is 31.2. The highest BCUT2D eigenvalue weighted by atomic mass is 32.1. The predicted octanol–water partition coefficient (Wildman–Crippen LogP) is 29.5. The van der Waals surface area contributed by atoms with Gasteiger partial charge in [-0.3, -0.25) is 9.13 Å². The number of aromatic nitrogens is 10. The van der Waals surface area contributed by atoms with Gasteiger partial charge in [0, 0.05) is 108 Å². The molecule has 580 valence electrons. The number of para-hydroxylation sites is 2. The molecule has 0 radical (unpaired) electrons. The second-order valence-electron chi connectivity index (χ2n) is 30.8. The molecule has 10 nitrogen and oxygen atoms in total. The molecule has 0 saturated heterocycles. The summed E-state index contributed by atoms with van der Waals surface area (Å²) in [5.74, 6) is 4.96. The molecule has 0 fully saturated rings. The number of nitrogens with zero attached hydrogens (tertiary/aromatic N) is 10. The number of hydrogen-bond donors (Lipinski definition) is 0. The van der Waals surface area contributed by atoms with Crippen molar-refractivity contribution in [1.82, 2.24) is 49.0 Å². The molecule has 0 spiro atoms. The fourth-order valence-corrected chi connectivity index (χ4v) is 20.0. The zero-order chi connectivity index (χ0) is 82.0. The van der Waals surface area contributed by atoms with Gasteiger partial charge in [0.25, 0.3) is 0 Å². The number of thiophene rings is 2. The van der Waals surface area contributed by atoms with Gasteiger partial charge in [0.1, 0.15) is 11.6 Å². The van der Waals surface area contributed by atoms with Crippen LogP contribution in [-0.4, -0.2) is 49.0 Å². The van der Waals surface area contributed by atoms with Crippen LogP contribution in [0.15, 0.2) is 425 Å². The van der Waals surface area contributed by atoms with E-state index in [0.29, 0.717) is 34.9 Å². The van der Waals surface area contributed by atoms with Crippen LogP contribution < -0.4 is 0 Å². The smallest absolute Gasteiger partial charge is 0.167 e. The predicted molar refractivity (Wildman–Crippen MR) is 515 cm³/mol. The van der Waals surface area contributed by atoms with Crippen LogP contribution in [0.1, 0.15) is 0 Å². The van der Waals surface area contributed by atoms with Crippen molar-refractivity contribution in [3.63, 3.8) is 0 Å². The Labute approximate surface area is 722 Å². The molecule has 0 saturated carbocycles.